The molecular formula is C15H10ClF6NO. The fraction of sp³-hybridized carbons (Fsp3) is 0.200. The minimum Gasteiger partial charge on any atom is -0.406 e. The number of rotatable bonds is 3. The Morgan fingerprint density at radius 1 is 0.875 bits per heavy atom. The second-order valence-corrected chi connectivity index (χ2v) is 5.30. The Kier molecular flexibility index (Phi) is 5.00. The van der Waals surface area contributed by atoms with Gasteiger partial charge in [-0.15, -0.1) is 13.2 Å². The third-order valence-electron chi connectivity index (χ3n) is 3.08. The summed E-state index contributed by atoms with van der Waals surface area (Å²) in [7, 11) is 0. The highest BCUT2D eigenvalue weighted by atomic mass is 35.5. The summed E-state index contributed by atoms with van der Waals surface area (Å²) < 4.78 is 78.4. The third kappa shape index (κ3) is 4.78. The second-order valence-electron chi connectivity index (χ2n) is 4.87. The summed E-state index contributed by atoms with van der Waals surface area (Å²) in [5.41, 5.74) is 5.31. The van der Waals surface area contributed by atoms with Crippen LogP contribution in [-0.4, -0.2) is 6.36 Å². The molecule has 0 fully saturated rings. The van der Waals surface area contributed by atoms with Gasteiger partial charge >= 0.3 is 12.5 Å². The smallest absolute Gasteiger partial charge is 0.406 e. The van der Waals surface area contributed by atoms with E-state index in [-0.39, 0.29) is 10.6 Å². The van der Waals surface area contributed by atoms with Gasteiger partial charge in [-0.25, -0.2) is 0 Å². The molecule has 2 aromatic carbocycles. The molecule has 24 heavy (non-hydrogen) atoms. The predicted octanol–water partition coefficient (Wildman–Crippen LogP) is 5.31. The molecular weight excluding hydrogens is 360 g/mol. The zero-order valence-electron chi connectivity index (χ0n) is 11.8. The molecule has 0 heterocycles. The van der Waals surface area contributed by atoms with Gasteiger partial charge in [0.05, 0.1) is 11.6 Å². The van der Waals surface area contributed by atoms with Gasteiger partial charge in [-0.1, -0.05) is 23.7 Å². The van der Waals surface area contributed by atoms with Crippen LogP contribution < -0.4 is 10.5 Å². The molecule has 0 saturated carbocycles. The van der Waals surface area contributed by atoms with Gasteiger partial charge in [-0.2, -0.15) is 13.2 Å². The first-order valence-corrected chi connectivity index (χ1v) is 6.82. The molecule has 2 nitrogen and oxygen atoms in total. The molecule has 0 saturated heterocycles. The molecule has 2 aromatic rings. The summed E-state index contributed by atoms with van der Waals surface area (Å²) in [6.07, 6.45) is -9.43. The highest BCUT2D eigenvalue weighted by Gasteiger charge is 2.32. The Morgan fingerprint density at radius 3 is 1.96 bits per heavy atom. The van der Waals surface area contributed by atoms with Crippen molar-refractivity contribution in [2.75, 3.05) is 0 Å². The van der Waals surface area contributed by atoms with Crippen molar-refractivity contribution in [2.24, 2.45) is 5.73 Å². The van der Waals surface area contributed by atoms with Gasteiger partial charge in [0.2, 0.25) is 0 Å². The van der Waals surface area contributed by atoms with Crippen LogP contribution in [-0.2, 0) is 6.18 Å². The molecule has 2 N–H and O–H groups in total. The van der Waals surface area contributed by atoms with Gasteiger partial charge in [0, 0.05) is 5.02 Å². The Labute approximate surface area is 137 Å². The number of ether oxygens (including phenoxy) is 1. The number of nitrogens with two attached hydrogens (primary N) is 1. The van der Waals surface area contributed by atoms with Crippen molar-refractivity contribution in [3.8, 4) is 5.75 Å². The second kappa shape index (κ2) is 6.52. The fourth-order valence-corrected chi connectivity index (χ4v) is 2.27. The predicted molar refractivity (Wildman–Crippen MR) is 75.6 cm³/mol. The number of hydrogen-bond donors (Lipinski definition) is 1. The lowest BCUT2D eigenvalue weighted by Gasteiger charge is -2.16. The van der Waals surface area contributed by atoms with E-state index >= 15 is 0 Å². The molecule has 1 atom stereocenters. The van der Waals surface area contributed by atoms with Crippen molar-refractivity contribution in [3.05, 3.63) is 64.2 Å². The van der Waals surface area contributed by atoms with E-state index in [9.17, 15) is 26.3 Å². The standard InChI is InChI=1S/C15H10ClF6NO/c16-11-6-9(5-10(7-11)14(17,18)19)13(23)8-1-3-12(4-2-8)24-15(20,21)22/h1-7,13H,23H2/t13-/m1/s1. The quantitative estimate of drug-likeness (QED) is 0.745. The molecule has 0 aromatic heterocycles. The fourth-order valence-electron chi connectivity index (χ4n) is 2.02. The maximum absolute atomic E-state index is 12.8. The minimum atomic E-state index is -4.84. The van der Waals surface area contributed by atoms with E-state index in [1.54, 1.807) is 0 Å². The van der Waals surface area contributed by atoms with E-state index in [1.807, 2.05) is 0 Å². The van der Waals surface area contributed by atoms with Crippen LogP contribution in [0.15, 0.2) is 42.5 Å². The van der Waals surface area contributed by atoms with Crippen molar-refractivity contribution in [1.82, 2.24) is 0 Å². The van der Waals surface area contributed by atoms with Gasteiger partial charge in [-0.3, -0.25) is 0 Å². The first-order chi connectivity index (χ1) is 11.0. The van der Waals surface area contributed by atoms with Crippen LogP contribution >= 0.6 is 11.6 Å². The van der Waals surface area contributed by atoms with E-state index in [4.69, 9.17) is 17.3 Å². The number of halogens is 7. The third-order valence-corrected chi connectivity index (χ3v) is 3.30. The molecule has 0 radical (unpaired) electrons. The molecule has 0 aliphatic rings. The average Bonchev–Trinajstić information content (AvgIpc) is 2.44. The maximum atomic E-state index is 12.8. The van der Waals surface area contributed by atoms with Crippen LogP contribution in [0.2, 0.25) is 5.02 Å². The average molecular weight is 370 g/mol. The Balaban J connectivity index is 2.29. The highest BCUT2D eigenvalue weighted by molar-refractivity contribution is 6.30. The molecule has 0 unspecified atom stereocenters. The van der Waals surface area contributed by atoms with E-state index < -0.39 is 29.9 Å². The van der Waals surface area contributed by atoms with E-state index in [0.29, 0.717) is 5.56 Å². The van der Waals surface area contributed by atoms with Crippen molar-refractivity contribution < 1.29 is 31.1 Å². The number of alkyl halides is 6. The van der Waals surface area contributed by atoms with Crippen LogP contribution in [0.5, 0.6) is 5.75 Å². The zero-order valence-corrected chi connectivity index (χ0v) is 12.5. The SMILES string of the molecule is N[C@H](c1ccc(OC(F)(F)F)cc1)c1cc(Cl)cc(C(F)(F)F)c1. The van der Waals surface area contributed by atoms with Crippen LogP contribution in [0.4, 0.5) is 26.3 Å². The number of hydrogen-bond acceptors (Lipinski definition) is 2. The molecule has 2 rings (SSSR count). The van der Waals surface area contributed by atoms with Gasteiger partial charge < -0.3 is 10.5 Å². The summed E-state index contributed by atoms with van der Waals surface area (Å²) in [4.78, 5) is 0. The first-order valence-electron chi connectivity index (χ1n) is 6.45. The molecule has 9 heteroatoms. The van der Waals surface area contributed by atoms with Crippen molar-refractivity contribution in [3.63, 3.8) is 0 Å². The van der Waals surface area contributed by atoms with E-state index in [1.165, 1.54) is 18.2 Å². The number of benzene rings is 2. The molecule has 0 spiro atoms. The van der Waals surface area contributed by atoms with Crippen LogP contribution in [0.1, 0.15) is 22.7 Å². The van der Waals surface area contributed by atoms with Crippen molar-refractivity contribution in [2.45, 2.75) is 18.6 Å². The summed E-state index contributed by atoms with van der Waals surface area (Å²) in [6, 6.07) is 6.40. The summed E-state index contributed by atoms with van der Waals surface area (Å²) >= 11 is 5.68. The maximum Gasteiger partial charge on any atom is 0.573 e. The van der Waals surface area contributed by atoms with Gasteiger partial charge in [-0.05, 0) is 41.5 Å². The van der Waals surface area contributed by atoms with E-state index in [2.05, 4.69) is 4.74 Å². The molecule has 130 valence electrons. The molecule has 0 aliphatic heterocycles. The molecule has 0 aliphatic carbocycles. The summed E-state index contributed by atoms with van der Waals surface area (Å²) in [5.74, 6) is -0.458. The normalized spacial score (nSPS) is 13.7. The first kappa shape index (κ1) is 18.4. The lowest BCUT2D eigenvalue weighted by molar-refractivity contribution is -0.274. The molecule has 0 bridgehead atoms. The summed E-state index contributed by atoms with van der Waals surface area (Å²) in [6.45, 7) is 0. The topological polar surface area (TPSA) is 35.2 Å². The Morgan fingerprint density at radius 2 is 1.46 bits per heavy atom. The van der Waals surface area contributed by atoms with Gasteiger partial charge in [0.15, 0.2) is 0 Å². The van der Waals surface area contributed by atoms with Crippen LogP contribution in [0, 0.1) is 0 Å². The van der Waals surface area contributed by atoms with Gasteiger partial charge in [0.1, 0.15) is 5.75 Å². The van der Waals surface area contributed by atoms with Crippen LogP contribution in [0.3, 0.4) is 0 Å². The Bertz CT molecular complexity index is 711. The monoisotopic (exact) mass is 369 g/mol. The lowest BCUT2D eigenvalue weighted by atomic mass is 9.97. The zero-order chi connectivity index (χ0) is 18.1. The van der Waals surface area contributed by atoms with E-state index in [0.717, 1.165) is 24.3 Å². The minimum absolute atomic E-state index is 0.0827. The molecule has 0 amide bonds. The van der Waals surface area contributed by atoms with Crippen LogP contribution in [0.25, 0.3) is 0 Å². The highest BCUT2D eigenvalue weighted by Crippen LogP contribution is 2.34. The largest absolute Gasteiger partial charge is 0.573 e. The lowest BCUT2D eigenvalue weighted by Crippen LogP contribution is -2.17. The Hall–Kier alpha value is -1.93. The van der Waals surface area contributed by atoms with Crippen molar-refractivity contribution in [1.29, 1.82) is 0 Å². The summed E-state index contributed by atoms with van der Waals surface area (Å²) in [5, 5.41) is -0.146. The van der Waals surface area contributed by atoms with Crippen molar-refractivity contribution >= 4 is 11.6 Å². The van der Waals surface area contributed by atoms with Gasteiger partial charge in [0.25, 0.3) is 0 Å².